The van der Waals surface area contributed by atoms with E-state index in [9.17, 15) is 9.18 Å². The maximum absolute atomic E-state index is 14.6. The van der Waals surface area contributed by atoms with E-state index in [0.717, 1.165) is 6.20 Å². The van der Waals surface area contributed by atoms with E-state index in [0.29, 0.717) is 28.6 Å². The Morgan fingerprint density at radius 3 is 2.36 bits per heavy atom. The van der Waals surface area contributed by atoms with Crippen molar-refractivity contribution in [3.05, 3.63) is 52.5 Å². The minimum atomic E-state index is -0.548. The molecule has 7 nitrogen and oxygen atoms in total. The van der Waals surface area contributed by atoms with Gasteiger partial charge in [0.2, 0.25) is 5.95 Å². The molecule has 0 spiro atoms. The second-order valence-electron chi connectivity index (χ2n) is 9.26. The Kier molecular flexibility index (Phi) is 7.39. The number of piperidine rings is 1. The molecule has 1 fully saturated rings. The number of carbonyl (C=O) groups excluding carboxylic acids is 1. The van der Waals surface area contributed by atoms with E-state index in [1.165, 1.54) is 13.2 Å². The van der Waals surface area contributed by atoms with Gasteiger partial charge in [0.15, 0.2) is 11.6 Å². The molecule has 0 aliphatic carbocycles. The van der Waals surface area contributed by atoms with Crippen molar-refractivity contribution in [2.45, 2.75) is 57.7 Å². The molecular formula is C23H28Cl2FN5O2. The Bertz CT molecular complexity index is 1020. The molecule has 0 atom stereocenters. The zero-order chi connectivity index (χ0) is 24.4. The number of methoxy groups -OCH3 is 1. The zero-order valence-electron chi connectivity index (χ0n) is 19.2. The first kappa shape index (κ1) is 25.1. The average molecular weight is 496 g/mol. The van der Waals surface area contributed by atoms with Crippen molar-refractivity contribution in [3.63, 3.8) is 0 Å². The van der Waals surface area contributed by atoms with Gasteiger partial charge in [-0.25, -0.2) is 14.2 Å². The molecule has 2 heterocycles. The van der Waals surface area contributed by atoms with E-state index in [1.807, 2.05) is 0 Å². The fourth-order valence-corrected chi connectivity index (χ4v) is 5.01. The first-order valence-corrected chi connectivity index (χ1v) is 11.2. The third-order valence-electron chi connectivity index (χ3n) is 5.56. The monoisotopic (exact) mass is 495 g/mol. The molecule has 3 rings (SSSR count). The van der Waals surface area contributed by atoms with E-state index in [4.69, 9.17) is 27.9 Å². The number of nitrogens with one attached hydrogen (secondary N) is 2. The van der Waals surface area contributed by atoms with Gasteiger partial charge in [0.1, 0.15) is 0 Å². The van der Waals surface area contributed by atoms with Crippen LogP contribution in [0.5, 0.6) is 0 Å². The van der Waals surface area contributed by atoms with Crippen LogP contribution in [-0.2, 0) is 9.53 Å². The van der Waals surface area contributed by atoms with E-state index in [2.05, 4.69) is 53.2 Å². The predicted octanol–water partition coefficient (Wildman–Crippen LogP) is 5.79. The minimum absolute atomic E-state index is 0.0596. The van der Waals surface area contributed by atoms with E-state index in [-0.39, 0.29) is 28.9 Å². The summed E-state index contributed by atoms with van der Waals surface area (Å²) in [6, 6.07) is 4.91. The third kappa shape index (κ3) is 6.26. The van der Waals surface area contributed by atoms with Crippen LogP contribution in [0.25, 0.3) is 0 Å². The fraction of sp³-hybridized carbons (Fsp3) is 0.435. The van der Waals surface area contributed by atoms with Crippen molar-refractivity contribution in [2.24, 2.45) is 0 Å². The molecule has 1 aromatic heterocycles. The molecule has 0 bridgehead atoms. The minimum Gasteiger partial charge on any atom is -0.466 e. The highest BCUT2D eigenvalue weighted by Gasteiger charge is 2.44. The number of rotatable bonds is 6. The summed E-state index contributed by atoms with van der Waals surface area (Å²) in [5.74, 6) is -0.635. The standard InChI is InChI=1S/C23H28Cl2FN5O2/c1-22(2)11-17(12-23(3,4)31(22)7-6-19(32)33-5)28-20-18(26)13-27-21(30-20)29-16-9-14(24)8-15(25)10-16/h6-10,13,17H,11-12H2,1-5H3,(H2,27,28,29,30). The summed E-state index contributed by atoms with van der Waals surface area (Å²) in [4.78, 5) is 22.1. The molecule has 0 saturated carbocycles. The summed E-state index contributed by atoms with van der Waals surface area (Å²) < 4.78 is 19.3. The number of esters is 1. The second kappa shape index (κ2) is 9.73. The molecular weight excluding hydrogens is 468 g/mol. The Morgan fingerprint density at radius 2 is 1.79 bits per heavy atom. The van der Waals surface area contributed by atoms with Crippen molar-refractivity contribution in [1.82, 2.24) is 14.9 Å². The molecule has 178 valence electrons. The Hall–Kier alpha value is -2.58. The lowest BCUT2D eigenvalue weighted by molar-refractivity contribution is -0.135. The highest BCUT2D eigenvalue weighted by molar-refractivity contribution is 6.35. The predicted molar refractivity (Wildman–Crippen MR) is 130 cm³/mol. The number of carbonyl (C=O) groups is 1. The Balaban J connectivity index is 1.78. The molecule has 33 heavy (non-hydrogen) atoms. The van der Waals surface area contributed by atoms with Crippen molar-refractivity contribution >= 4 is 46.6 Å². The van der Waals surface area contributed by atoms with Crippen molar-refractivity contribution in [1.29, 1.82) is 0 Å². The van der Waals surface area contributed by atoms with Crippen LogP contribution in [-0.4, -0.2) is 45.1 Å². The largest absolute Gasteiger partial charge is 0.466 e. The molecule has 1 aliphatic heterocycles. The summed E-state index contributed by atoms with van der Waals surface area (Å²) in [5, 5.41) is 7.17. The number of anilines is 3. The number of hydrogen-bond donors (Lipinski definition) is 2. The van der Waals surface area contributed by atoms with E-state index >= 15 is 0 Å². The summed E-state index contributed by atoms with van der Waals surface area (Å²) in [6.45, 7) is 8.32. The number of likely N-dealkylation sites (tertiary alicyclic amines) is 1. The lowest BCUT2D eigenvalue weighted by Gasteiger charge is -2.55. The average Bonchev–Trinajstić information content (AvgIpc) is 2.67. The molecule has 1 saturated heterocycles. The van der Waals surface area contributed by atoms with E-state index in [1.54, 1.807) is 24.4 Å². The number of nitrogens with zero attached hydrogens (tertiary/aromatic N) is 3. The topological polar surface area (TPSA) is 79.4 Å². The normalized spacial score (nSPS) is 17.8. The van der Waals surface area contributed by atoms with Gasteiger partial charge in [-0.3, -0.25) is 0 Å². The van der Waals surface area contributed by atoms with Gasteiger partial charge in [-0.1, -0.05) is 23.2 Å². The van der Waals surface area contributed by atoms with Gasteiger partial charge in [0, 0.05) is 45.1 Å². The number of aromatic nitrogens is 2. The van der Waals surface area contributed by atoms with E-state index < -0.39 is 11.8 Å². The number of hydrogen-bond acceptors (Lipinski definition) is 7. The van der Waals surface area contributed by atoms with Crippen LogP contribution in [0, 0.1) is 5.82 Å². The highest BCUT2D eigenvalue weighted by atomic mass is 35.5. The molecule has 2 aromatic rings. The van der Waals surface area contributed by atoms with Gasteiger partial charge in [0.05, 0.1) is 13.3 Å². The van der Waals surface area contributed by atoms with Crippen molar-refractivity contribution < 1.29 is 13.9 Å². The molecule has 10 heteroatoms. The van der Waals surface area contributed by atoms with Crippen LogP contribution in [0.15, 0.2) is 36.7 Å². The summed E-state index contributed by atoms with van der Waals surface area (Å²) in [5.41, 5.74) is -0.0315. The quantitative estimate of drug-likeness (QED) is 0.387. The molecule has 0 unspecified atom stereocenters. The maximum Gasteiger partial charge on any atom is 0.331 e. The molecule has 2 N–H and O–H groups in total. The Morgan fingerprint density at radius 1 is 1.18 bits per heavy atom. The van der Waals surface area contributed by atoms with Crippen LogP contribution in [0.1, 0.15) is 40.5 Å². The Labute approximate surface area is 203 Å². The van der Waals surface area contributed by atoms with Gasteiger partial charge < -0.3 is 20.3 Å². The molecule has 1 aliphatic rings. The molecule has 0 amide bonds. The first-order valence-electron chi connectivity index (χ1n) is 10.5. The molecule has 1 aromatic carbocycles. The second-order valence-corrected chi connectivity index (χ2v) is 10.1. The van der Waals surface area contributed by atoms with Crippen molar-refractivity contribution in [3.8, 4) is 0 Å². The number of ether oxygens (including phenoxy) is 1. The number of benzene rings is 1. The van der Waals surface area contributed by atoms with Gasteiger partial charge in [-0.15, -0.1) is 0 Å². The zero-order valence-corrected chi connectivity index (χ0v) is 20.8. The van der Waals surface area contributed by atoms with Gasteiger partial charge >= 0.3 is 5.97 Å². The van der Waals surface area contributed by atoms with Crippen LogP contribution in [0.2, 0.25) is 10.0 Å². The maximum atomic E-state index is 14.6. The third-order valence-corrected chi connectivity index (χ3v) is 6.00. The van der Waals surface area contributed by atoms with Gasteiger partial charge in [-0.2, -0.15) is 4.98 Å². The van der Waals surface area contributed by atoms with Crippen LogP contribution >= 0.6 is 23.2 Å². The SMILES string of the molecule is COC(=O)C=CN1C(C)(C)CC(Nc2nc(Nc3cc(Cl)cc(Cl)c3)ncc2F)CC1(C)C. The van der Waals surface area contributed by atoms with Crippen LogP contribution in [0.4, 0.5) is 21.8 Å². The summed E-state index contributed by atoms with van der Waals surface area (Å²) in [7, 11) is 1.35. The van der Waals surface area contributed by atoms with Gasteiger partial charge in [0.25, 0.3) is 0 Å². The lowest BCUT2D eigenvalue weighted by atomic mass is 9.77. The summed E-state index contributed by atoms with van der Waals surface area (Å²) in [6.07, 6.45) is 5.69. The van der Waals surface area contributed by atoms with Crippen LogP contribution < -0.4 is 10.6 Å². The smallest absolute Gasteiger partial charge is 0.331 e. The first-order chi connectivity index (χ1) is 15.4. The molecule has 0 radical (unpaired) electrons. The lowest BCUT2D eigenvalue weighted by Crippen LogP contribution is -2.60. The number of halogens is 3. The van der Waals surface area contributed by atoms with Crippen LogP contribution in [0.3, 0.4) is 0 Å². The highest BCUT2D eigenvalue weighted by Crippen LogP contribution is 2.40. The van der Waals surface area contributed by atoms with Gasteiger partial charge in [-0.05, 0) is 58.7 Å². The fourth-order valence-electron chi connectivity index (χ4n) is 4.48. The summed E-state index contributed by atoms with van der Waals surface area (Å²) >= 11 is 12.1. The van der Waals surface area contributed by atoms with Crippen molar-refractivity contribution in [2.75, 3.05) is 17.7 Å².